The number of rotatable bonds is 6. The van der Waals surface area contributed by atoms with Crippen LogP contribution in [0.4, 0.5) is 5.13 Å². The Labute approximate surface area is 94.7 Å². The number of thiazole rings is 1. The summed E-state index contributed by atoms with van der Waals surface area (Å²) in [7, 11) is 0. The average molecular weight is 243 g/mol. The van der Waals surface area contributed by atoms with E-state index in [9.17, 15) is 9.59 Å². The third kappa shape index (κ3) is 3.02. The van der Waals surface area contributed by atoms with Crippen molar-refractivity contribution in [2.75, 3.05) is 11.9 Å². The highest BCUT2D eigenvalue weighted by molar-refractivity contribution is 7.14. The standard InChI is InChI=1S/C8H9N3O4S/c1-2-15-11-6(7(13)14)5-3-16-8(10-5)9-4-12/h3-4H,2H2,1H3,(H,13,14)(H,9,10,12)/b11-6+. The van der Waals surface area contributed by atoms with Gasteiger partial charge in [0.15, 0.2) is 5.13 Å². The number of carboxylic acid groups (broad SMARTS) is 1. The number of carbonyl (C=O) groups excluding carboxylic acids is 1. The molecule has 0 aliphatic carbocycles. The summed E-state index contributed by atoms with van der Waals surface area (Å²) in [4.78, 5) is 29.5. The van der Waals surface area contributed by atoms with E-state index < -0.39 is 5.97 Å². The molecule has 1 aromatic heterocycles. The van der Waals surface area contributed by atoms with Crippen LogP contribution in [0.3, 0.4) is 0 Å². The highest BCUT2D eigenvalue weighted by Crippen LogP contribution is 2.15. The van der Waals surface area contributed by atoms with Gasteiger partial charge in [0.05, 0.1) is 0 Å². The molecule has 0 saturated carbocycles. The number of nitrogens with zero attached hydrogens (tertiary/aromatic N) is 2. The van der Waals surface area contributed by atoms with Gasteiger partial charge in [-0.1, -0.05) is 5.16 Å². The lowest BCUT2D eigenvalue weighted by atomic mass is 10.3. The van der Waals surface area contributed by atoms with E-state index in [1.807, 2.05) is 0 Å². The lowest BCUT2D eigenvalue weighted by Crippen LogP contribution is -2.15. The van der Waals surface area contributed by atoms with Gasteiger partial charge in [-0.15, -0.1) is 11.3 Å². The third-order valence-corrected chi connectivity index (χ3v) is 2.19. The number of aliphatic carboxylic acids is 1. The Morgan fingerprint density at radius 2 is 2.56 bits per heavy atom. The molecule has 2 N–H and O–H groups in total. The first-order valence-corrected chi connectivity index (χ1v) is 5.16. The number of amides is 1. The minimum Gasteiger partial charge on any atom is -0.476 e. The Bertz CT molecular complexity index is 415. The second kappa shape index (κ2) is 5.81. The van der Waals surface area contributed by atoms with Crippen molar-refractivity contribution in [1.29, 1.82) is 0 Å². The van der Waals surface area contributed by atoms with E-state index in [2.05, 4.69) is 20.3 Å². The van der Waals surface area contributed by atoms with Crippen molar-refractivity contribution >= 4 is 34.6 Å². The topological polar surface area (TPSA) is 101 Å². The van der Waals surface area contributed by atoms with Gasteiger partial charge in [-0.2, -0.15) is 0 Å². The van der Waals surface area contributed by atoms with Crippen LogP contribution >= 0.6 is 11.3 Å². The molecule has 0 atom stereocenters. The Kier molecular flexibility index (Phi) is 4.40. The summed E-state index contributed by atoms with van der Waals surface area (Å²) in [5.74, 6) is -1.24. The van der Waals surface area contributed by atoms with Gasteiger partial charge in [-0.05, 0) is 6.92 Å². The van der Waals surface area contributed by atoms with Gasteiger partial charge in [-0.3, -0.25) is 4.79 Å². The first-order valence-electron chi connectivity index (χ1n) is 4.28. The minimum atomic E-state index is -1.24. The molecule has 0 spiro atoms. The van der Waals surface area contributed by atoms with E-state index in [4.69, 9.17) is 5.11 Å². The van der Waals surface area contributed by atoms with Crippen molar-refractivity contribution in [2.24, 2.45) is 5.16 Å². The molecule has 0 bridgehead atoms. The van der Waals surface area contributed by atoms with Crippen molar-refractivity contribution < 1.29 is 19.5 Å². The van der Waals surface area contributed by atoms with E-state index in [1.54, 1.807) is 6.92 Å². The highest BCUT2D eigenvalue weighted by atomic mass is 32.1. The fourth-order valence-electron chi connectivity index (χ4n) is 0.824. The molecule has 7 nitrogen and oxygen atoms in total. The summed E-state index contributed by atoms with van der Waals surface area (Å²) in [6.07, 6.45) is 0.461. The number of carbonyl (C=O) groups is 2. The number of hydrogen-bond donors (Lipinski definition) is 2. The Morgan fingerprint density at radius 3 is 3.12 bits per heavy atom. The number of carboxylic acids is 1. The number of hydrogen-bond acceptors (Lipinski definition) is 6. The van der Waals surface area contributed by atoms with E-state index >= 15 is 0 Å². The second-order valence-electron chi connectivity index (χ2n) is 2.46. The van der Waals surface area contributed by atoms with Crippen molar-refractivity contribution in [3.05, 3.63) is 11.1 Å². The Morgan fingerprint density at radius 1 is 1.81 bits per heavy atom. The number of nitrogens with one attached hydrogen (secondary N) is 1. The Balaban J connectivity index is 2.92. The van der Waals surface area contributed by atoms with Crippen LogP contribution < -0.4 is 5.32 Å². The largest absolute Gasteiger partial charge is 0.476 e. The molecule has 0 saturated heterocycles. The van der Waals surface area contributed by atoms with Crippen LogP contribution in [0.2, 0.25) is 0 Å². The minimum absolute atomic E-state index is 0.148. The van der Waals surface area contributed by atoms with Crippen LogP contribution in [0.5, 0.6) is 0 Å². The van der Waals surface area contributed by atoms with E-state index in [-0.39, 0.29) is 18.0 Å². The molecular formula is C8H9N3O4S. The predicted molar refractivity (Wildman–Crippen MR) is 57.6 cm³/mol. The van der Waals surface area contributed by atoms with Crippen LogP contribution in [0.1, 0.15) is 12.6 Å². The number of oxime groups is 1. The predicted octanol–water partition coefficient (Wildman–Crippen LogP) is 0.537. The number of aromatic nitrogens is 1. The summed E-state index contributed by atoms with van der Waals surface area (Å²) in [6.45, 7) is 1.95. The zero-order valence-electron chi connectivity index (χ0n) is 8.34. The molecule has 0 aliphatic rings. The first kappa shape index (κ1) is 12.1. The fraction of sp³-hybridized carbons (Fsp3) is 0.250. The maximum Gasteiger partial charge on any atom is 0.360 e. The van der Waals surface area contributed by atoms with Crippen LogP contribution in [0, 0.1) is 0 Å². The fourth-order valence-corrected chi connectivity index (χ4v) is 1.48. The van der Waals surface area contributed by atoms with Gasteiger partial charge < -0.3 is 15.3 Å². The quantitative estimate of drug-likeness (QED) is 0.431. The molecule has 1 amide bonds. The molecule has 1 aromatic rings. The van der Waals surface area contributed by atoms with Gasteiger partial charge in [0, 0.05) is 5.38 Å². The molecule has 0 aliphatic heterocycles. The van der Waals surface area contributed by atoms with Crippen LogP contribution in [-0.2, 0) is 14.4 Å². The summed E-state index contributed by atoms with van der Waals surface area (Å²) in [6, 6.07) is 0. The highest BCUT2D eigenvalue weighted by Gasteiger charge is 2.17. The molecule has 0 radical (unpaired) electrons. The first-order chi connectivity index (χ1) is 7.69. The molecule has 0 fully saturated rings. The van der Waals surface area contributed by atoms with Crippen LogP contribution in [0.15, 0.2) is 10.5 Å². The van der Waals surface area contributed by atoms with Crippen molar-refractivity contribution in [3.8, 4) is 0 Å². The van der Waals surface area contributed by atoms with Crippen LogP contribution in [0.25, 0.3) is 0 Å². The lowest BCUT2D eigenvalue weighted by molar-refractivity contribution is -0.129. The van der Waals surface area contributed by atoms with Crippen molar-refractivity contribution in [3.63, 3.8) is 0 Å². The Hall–Kier alpha value is -1.96. The van der Waals surface area contributed by atoms with Gasteiger partial charge in [0.2, 0.25) is 12.1 Å². The summed E-state index contributed by atoms with van der Waals surface area (Å²) < 4.78 is 0. The molecule has 0 unspecified atom stereocenters. The van der Waals surface area contributed by atoms with Gasteiger partial charge in [0.25, 0.3) is 0 Å². The second-order valence-corrected chi connectivity index (χ2v) is 3.32. The van der Waals surface area contributed by atoms with Crippen molar-refractivity contribution in [1.82, 2.24) is 4.98 Å². The monoisotopic (exact) mass is 243 g/mol. The van der Waals surface area contributed by atoms with Crippen LogP contribution in [-0.4, -0.2) is 34.8 Å². The zero-order chi connectivity index (χ0) is 12.0. The summed E-state index contributed by atoms with van der Waals surface area (Å²) in [5, 5.41) is 16.4. The maximum atomic E-state index is 10.8. The molecule has 1 heterocycles. The van der Waals surface area contributed by atoms with E-state index in [0.717, 1.165) is 11.3 Å². The average Bonchev–Trinajstić information content (AvgIpc) is 2.67. The SMILES string of the molecule is CCO/N=C(/C(=O)O)c1csc(NC=O)n1. The van der Waals surface area contributed by atoms with E-state index in [1.165, 1.54) is 5.38 Å². The summed E-state index contributed by atoms with van der Waals surface area (Å²) >= 11 is 1.10. The third-order valence-electron chi connectivity index (χ3n) is 1.42. The van der Waals surface area contributed by atoms with Gasteiger partial charge >= 0.3 is 5.97 Å². The molecule has 16 heavy (non-hydrogen) atoms. The lowest BCUT2D eigenvalue weighted by Gasteiger charge is -1.97. The van der Waals surface area contributed by atoms with Gasteiger partial charge in [0.1, 0.15) is 12.3 Å². The van der Waals surface area contributed by atoms with Crippen molar-refractivity contribution in [2.45, 2.75) is 6.92 Å². The summed E-state index contributed by atoms with van der Waals surface area (Å²) in [5.41, 5.74) is -0.146. The molecule has 86 valence electrons. The maximum absolute atomic E-state index is 10.8. The van der Waals surface area contributed by atoms with Gasteiger partial charge in [-0.25, -0.2) is 9.78 Å². The molecular weight excluding hydrogens is 234 g/mol. The molecule has 8 heteroatoms. The molecule has 0 aromatic carbocycles. The smallest absolute Gasteiger partial charge is 0.360 e. The molecule has 1 rings (SSSR count). The number of anilines is 1. The zero-order valence-corrected chi connectivity index (χ0v) is 9.15. The van der Waals surface area contributed by atoms with E-state index in [0.29, 0.717) is 11.5 Å². The normalized spacial score (nSPS) is 10.9.